The molecule has 2 amide bonds. The molecule has 0 saturated carbocycles. The molecule has 0 unspecified atom stereocenters. The number of nitrogens with one attached hydrogen (secondary N) is 1. The van der Waals surface area contributed by atoms with Crippen LogP contribution in [0.3, 0.4) is 0 Å². The van der Waals surface area contributed by atoms with E-state index < -0.39 is 0 Å². The lowest BCUT2D eigenvalue weighted by Gasteiger charge is -2.24. The fourth-order valence-electron chi connectivity index (χ4n) is 3.32. The smallest absolute Gasteiger partial charge is 0.252 e. The van der Waals surface area contributed by atoms with E-state index in [1.165, 1.54) is 11.3 Å². The average Bonchev–Trinajstić information content (AvgIpc) is 3.31. The minimum absolute atomic E-state index is 0.00365. The maximum Gasteiger partial charge on any atom is 0.252 e. The van der Waals surface area contributed by atoms with Gasteiger partial charge in [-0.2, -0.15) is 0 Å². The maximum atomic E-state index is 13.1. The summed E-state index contributed by atoms with van der Waals surface area (Å²) >= 11 is 1.54. The first-order valence-electron chi connectivity index (χ1n) is 8.80. The quantitative estimate of drug-likeness (QED) is 0.715. The van der Waals surface area contributed by atoms with Crippen LogP contribution in [-0.4, -0.2) is 21.7 Å². The first kappa shape index (κ1) is 17.4. The SMILES string of the molecule is O=C1N[C@H](CC(=O)N(Cc2ccccc2)Cc2nccs2)c2ccccc21. The first-order valence-corrected chi connectivity index (χ1v) is 9.68. The van der Waals surface area contributed by atoms with Crippen LogP contribution in [0.4, 0.5) is 0 Å². The summed E-state index contributed by atoms with van der Waals surface area (Å²) in [5.41, 5.74) is 2.62. The number of hydrogen-bond donors (Lipinski definition) is 1. The van der Waals surface area contributed by atoms with Crippen LogP contribution >= 0.6 is 11.3 Å². The number of amides is 2. The van der Waals surface area contributed by atoms with Gasteiger partial charge in [0, 0.05) is 23.7 Å². The van der Waals surface area contributed by atoms with Gasteiger partial charge in [0.2, 0.25) is 5.91 Å². The van der Waals surface area contributed by atoms with E-state index in [4.69, 9.17) is 0 Å². The highest BCUT2D eigenvalue weighted by molar-refractivity contribution is 7.09. The van der Waals surface area contributed by atoms with Gasteiger partial charge in [-0.15, -0.1) is 11.3 Å². The third kappa shape index (κ3) is 3.90. The van der Waals surface area contributed by atoms with Gasteiger partial charge in [-0.3, -0.25) is 9.59 Å². The summed E-state index contributed by atoms with van der Waals surface area (Å²) in [5, 5.41) is 5.74. The van der Waals surface area contributed by atoms with Crippen LogP contribution in [0.1, 0.15) is 39.0 Å². The lowest BCUT2D eigenvalue weighted by atomic mass is 10.0. The zero-order valence-electron chi connectivity index (χ0n) is 14.7. The molecule has 0 spiro atoms. The predicted octanol–water partition coefficient (Wildman–Crippen LogP) is 3.55. The van der Waals surface area contributed by atoms with Gasteiger partial charge in [0.25, 0.3) is 5.91 Å². The number of nitrogens with zero attached hydrogens (tertiary/aromatic N) is 2. The Morgan fingerprint density at radius 2 is 1.85 bits per heavy atom. The van der Waals surface area contributed by atoms with Crippen molar-refractivity contribution >= 4 is 23.2 Å². The summed E-state index contributed by atoms with van der Waals surface area (Å²) in [5.74, 6) is -0.117. The molecule has 1 aliphatic rings. The van der Waals surface area contributed by atoms with Gasteiger partial charge in [0.15, 0.2) is 0 Å². The van der Waals surface area contributed by atoms with Crippen LogP contribution in [0.5, 0.6) is 0 Å². The highest BCUT2D eigenvalue weighted by Crippen LogP contribution is 2.28. The molecular weight excluding hydrogens is 358 g/mol. The molecule has 0 aliphatic carbocycles. The predicted molar refractivity (Wildman–Crippen MR) is 104 cm³/mol. The van der Waals surface area contributed by atoms with Crippen LogP contribution in [0.25, 0.3) is 0 Å². The summed E-state index contributed by atoms with van der Waals surface area (Å²) < 4.78 is 0. The van der Waals surface area contributed by atoms with Crippen LogP contribution in [0, 0.1) is 0 Å². The molecule has 6 heteroatoms. The zero-order chi connectivity index (χ0) is 18.6. The molecule has 1 atom stereocenters. The minimum atomic E-state index is -0.282. The Kier molecular flexibility index (Phi) is 4.98. The van der Waals surface area contributed by atoms with Crippen molar-refractivity contribution < 1.29 is 9.59 Å². The first-order chi connectivity index (χ1) is 13.2. The largest absolute Gasteiger partial charge is 0.345 e. The third-order valence-corrected chi connectivity index (χ3v) is 5.41. The van der Waals surface area contributed by atoms with Crippen molar-refractivity contribution in [3.63, 3.8) is 0 Å². The molecule has 4 rings (SSSR count). The average molecular weight is 377 g/mol. The normalized spacial score (nSPS) is 15.3. The molecule has 2 aromatic carbocycles. The summed E-state index contributed by atoms with van der Waals surface area (Å²) in [6, 6.07) is 17.1. The van der Waals surface area contributed by atoms with Crippen molar-refractivity contribution in [1.29, 1.82) is 0 Å². The van der Waals surface area contributed by atoms with E-state index in [-0.39, 0.29) is 24.3 Å². The Labute approximate surface area is 161 Å². The van der Waals surface area contributed by atoms with Gasteiger partial charge in [-0.05, 0) is 17.2 Å². The second-order valence-electron chi connectivity index (χ2n) is 6.48. The summed E-state index contributed by atoms with van der Waals surface area (Å²) in [6.45, 7) is 0.981. The molecule has 1 N–H and O–H groups in total. The molecule has 0 radical (unpaired) electrons. The van der Waals surface area contributed by atoms with E-state index in [1.54, 1.807) is 17.2 Å². The van der Waals surface area contributed by atoms with Gasteiger partial charge in [-0.25, -0.2) is 4.98 Å². The number of aromatic nitrogens is 1. The van der Waals surface area contributed by atoms with Crippen molar-refractivity contribution in [2.24, 2.45) is 0 Å². The summed E-state index contributed by atoms with van der Waals surface area (Å²) in [4.78, 5) is 31.3. The van der Waals surface area contributed by atoms with Crippen LogP contribution in [-0.2, 0) is 17.9 Å². The van der Waals surface area contributed by atoms with Crippen molar-refractivity contribution in [3.8, 4) is 0 Å². The molecule has 0 fully saturated rings. The fourth-order valence-corrected chi connectivity index (χ4v) is 3.95. The molecular formula is C21H19N3O2S. The van der Waals surface area contributed by atoms with Crippen molar-refractivity contribution in [2.45, 2.75) is 25.6 Å². The van der Waals surface area contributed by atoms with Gasteiger partial charge in [0.05, 0.1) is 19.0 Å². The van der Waals surface area contributed by atoms with Gasteiger partial charge in [0.1, 0.15) is 5.01 Å². The molecule has 1 aromatic heterocycles. The standard InChI is InChI=1S/C21H19N3O2S/c25-20(12-18-16-8-4-5-9-17(16)21(26)23-18)24(14-19-22-10-11-27-19)13-15-6-2-1-3-7-15/h1-11,18H,12-14H2,(H,23,26)/t18-/m1/s1. The second kappa shape index (κ2) is 7.72. The van der Waals surface area contributed by atoms with E-state index in [0.29, 0.717) is 18.7 Å². The Bertz CT molecular complexity index is 941. The number of carbonyl (C=O) groups excluding carboxylic acids is 2. The molecule has 136 valence electrons. The molecule has 5 nitrogen and oxygen atoms in total. The number of thiazole rings is 1. The highest BCUT2D eigenvalue weighted by Gasteiger charge is 2.31. The lowest BCUT2D eigenvalue weighted by molar-refractivity contribution is -0.133. The Morgan fingerprint density at radius 3 is 2.63 bits per heavy atom. The summed E-state index contributed by atoms with van der Waals surface area (Å²) in [6.07, 6.45) is 1.99. The zero-order valence-corrected chi connectivity index (χ0v) is 15.5. The molecule has 0 bridgehead atoms. The number of hydrogen-bond acceptors (Lipinski definition) is 4. The van der Waals surface area contributed by atoms with Crippen LogP contribution in [0.15, 0.2) is 66.2 Å². The van der Waals surface area contributed by atoms with E-state index in [2.05, 4.69) is 10.3 Å². The lowest BCUT2D eigenvalue weighted by Crippen LogP contribution is -2.33. The van der Waals surface area contributed by atoms with Crippen molar-refractivity contribution in [1.82, 2.24) is 15.2 Å². The minimum Gasteiger partial charge on any atom is -0.345 e. The Balaban J connectivity index is 1.53. The van der Waals surface area contributed by atoms with E-state index >= 15 is 0 Å². The number of carbonyl (C=O) groups is 2. The van der Waals surface area contributed by atoms with Crippen molar-refractivity contribution in [2.75, 3.05) is 0 Å². The topological polar surface area (TPSA) is 62.3 Å². The third-order valence-electron chi connectivity index (χ3n) is 4.64. The second-order valence-corrected chi connectivity index (χ2v) is 7.46. The maximum absolute atomic E-state index is 13.1. The number of fused-ring (bicyclic) bond motifs is 1. The number of benzene rings is 2. The molecule has 1 aliphatic heterocycles. The van der Waals surface area contributed by atoms with Gasteiger partial charge in [-0.1, -0.05) is 48.5 Å². The van der Waals surface area contributed by atoms with E-state index in [9.17, 15) is 9.59 Å². The van der Waals surface area contributed by atoms with E-state index in [1.807, 2.05) is 53.9 Å². The summed E-state index contributed by atoms with van der Waals surface area (Å²) in [7, 11) is 0. The molecule has 2 heterocycles. The van der Waals surface area contributed by atoms with E-state index in [0.717, 1.165) is 16.1 Å². The Hall–Kier alpha value is -2.99. The van der Waals surface area contributed by atoms with Crippen molar-refractivity contribution in [3.05, 3.63) is 87.9 Å². The Morgan fingerprint density at radius 1 is 1.07 bits per heavy atom. The van der Waals surface area contributed by atoms with Crippen LogP contribution in [0.2, 0.25) is 0 Å². The molecule has 27 heavy (non-hydrogen) atoms. The van der Waals surface area contributed by atoms with Crippen LogP contribution < -0.4 is 5.32 Å². The van der Waals surface area contributed by atoms with Gasteiger partial charge < -0.3 is 10.2 Å². The molecule has 0 saturated heterocycles. The number of rotatable bonds is 6. The highest BCUT2D eigenvalue weighted by atomic mass is 32.1. The fraction of sp³-hybridized carbons (Fsp3) is 0.190. The molecule has 3 aromatic rings. The monoisotopic (exact) mass is 377 g/mol. The van der Waals surface area contributed by atoms with Gasteiger partial charge >= 0.3 is 0 Å².